The average molecular weight is 523 g/mol. The molecule has 4 aromatic carbocycles. The number of nitrogens with zero attached hydrogens (tertiary/aromatic N) is 1. The van der Waals surface area contributed by atoms with Gasteiger partial charge < -0.3 is 20.3 Å². The fourth-order valence-corrected chi connectivity index (χ4v) is 5.30. The van der Waals surface area contributed by atoms with Crippen LogP contribution in [0.3, 0.4) is 0 Å². The summed E-state index contributed by atoms with van der Waals surface area (Å²) in [5.74, 6) is 0. The van der Waals surface area contributed by atoms with Gasteiger partial charge >= 0.3 is 0 Å². The maximum Gasteiger partial charge on any atom is 0.184 e. The summed E-state index contributed by atoms with van der Waals surface area (Å²) >= 11 is 0. The lowest BCUT2D eigenvalue weighted by molar-refractivity contribution is -0.253. The van der Waals surface area contributed by atoms with E-state index in [0.29, 0.717) is 6.54 Å². The summed E-state index contributed by atoms with van der Waals surface area (Å²) in [6.45, 7) is 3.54. The molecule has 4 atom stereocenters. The number of aliphatic hydroxyl groups is 1. The summed E-state index contributed by atoms with van der Waals surface area (Å²) < 4.78 is 13.1. The summed E-state index contributed by atoms with van der Waals surface area (Å²) in [7, 11) is 2.15. The van der Waals surface area contributed by atoms with Crippen LogP contribution in [0.2, 0.25) is 0 Å². The molecule has 0 spiro atoms. The monoisotopic (exact) mass is 522 g/mol. The SMILES string of the molecule is CC(c1ccccc1)N(C)CC1CC(c2ccc(CO)cc2)OC(c2ccc(-c3ccccc3CN)cc2)O1. The highest BCUT2D eigenvalue weighted by Crippen LogP contribution is 2.39. The molecule has 5 rings (SSSR count). The molecule has 1 aliphatic heterocycles. The van der Waals surface area contributed by atoms with Gasteiger partial charge in [-0.1, -0.05) is 103 Å². The minimum absolute atomic E-state index is 0.0138. The third-order valence-corrected chi connectivity index (χ3v) is 7.78. The number of likely N-dealkylation sites (N-methyl/N-ethyl adjacent to an activating group) is 1. The van der Waals surface area contributed by atoms with Crippen molar-refractivity contribution in [3.63, 3.8) is 0 Å². The Labute approximate surface area is 231 Å². The van der Waals surface area contributed by atoms with Gasteiger partial charge in [-0.25, -0.2) is 0 Å². The zero-order valence-corrected chi connectivity index (χ0v) is 22.7. The maximum atomic E-state index is 9.49. The second-order valence-electron chi connectivity index (χ2n) is 10.4. The van der Waals surface area contributed by atoms with E-state index in [1.165, 1.54) is 5.56 Å². The van der Waals surface area contributed by atoms with Gasteiger partial charge in [-0.2, -0.15) is 0 Å². The van der Waals surface area contributed by atoms with E-state index in [-0.39, 0.29) is 24.9 Å². The molecule has 1 fully saturated rings. The Kier molecular flexibility index (Phi) is 8.87. The molecule has 5 heteroatoms. The molecular formula is C34H38N2O3. The summed E-state index contributed by atoms with van der Waals surface area (Å²) in [4.78, 5) is 2.35. The molecule has 4 aromatic rings. The van der Waals surface area contributed by atoms with E-state index in [9.17, 15) is 5.11 Å². The van der Waals surface area contributed by atoms with Gasteiger partial charge in [0.25, 0.3) is 0 Å². The summed E-state index contributed by atoms with van der Waals surface area (Å²) in [6, 6.07) is 35.5. The van der Waals surface area contributed by atoms with Crippen LogP contribution in [0.5, 0.6) is 0 Å². The quantitative estimate of drug-likeness (QED) is 0.261. The van der Waals surface area contributed by atoms with E-state index in [1.54, 1.807) is 0 Å². The van der Waals surface area contributed by atoms with Gasteiger partial charge in [-0.15, -0.1) is 0 Å². The van der Waals surface area contributed by atoms with Crippen molar-refractivity contribution in [2.45, 2.75) is 51.0 Å². The third-order valence-electron chi connectivity index (χ3n) is 7.78. The predicted octanol–water partition coefficient (Wildman–Crippen LogP) is 6.54. The fourth-order valence-electron chi connectivity index (χ4n) is 5.30. The van der Waals surface area contributed by atoms with Crippen molar-refractivity contribution in [3.05, 3.63) is 131 Å². The summed E-state index contributed by atoms with van der Waals surface area (Å²) in [5.41, 5.74) is 13.6. The van der Waals surface area contributed by atoms with E-state index in [2.05, 4.69) is 97.7 Å². The molecule has 1 aliphatic rings. The van der Waals surface area contributed by atoms with Gasteiger partial charge in [0.15, 0.2) is 6.29 Å². The number of ether oxygens (including phenoxy) is 2. The molecule has 202 valence electrons. The first-order valence-corrected chi connectivity index (χ1v) is 13.7. The molecule has 0 aliphatic carbocycles. The molecule has 0 amide bonds. The normalized spacial score (nSPS) is 20.2. The lowest BCUT2D eigenvalue weighted by Crippen LogP contribution is -2.38. The molecule has 1 heterocycles. The largest absolute Gasteiger partial charge is 0.392 e. The van der Waals surface area contributed by atoms with E-state index in [1.807, 2.05) is 24.3 Å². The van der Waals surface area contributed by atoms with E-state index in [4.69, 9.17) is 15.2 Å². The Morgan fingerprint density at radius 1 is 0.846 bits per heavy atom. The van der Waals surface area contributed by atoms with Crippen molar-refractivity contribution >= 4 is 0 Å². The number of nitrogens with two attached hydrogens (primary N) is 1. The first-order valence-electron chi connectivity index (χ1n) is 13.7. The molecule has 1 saturated heterocycles. The van der Waals surface area contributed by atoms with Crippen molar-refractivity contribution in [1.29, 1.82) is 0 Å². The average Bonchev–Trinajstić information content (AvgIpc) is 3.01. The molecule has 3 N–H and O–H groups in total. The number of benzene rings is 4. The van der Waals surface area contributed by atoms with Gasteiger partial charge in [0.2, 0.25) is 0 Å². The molecular weight excluding hydrogens is 484 g/mol. The lowest BCUT2D eigenvalue weighted by Gasteiger charge is -2.39. The molecule has 39 heavy (non-hydrogen) atoms. The molecule has 5 nitrogen and oxygen atoms in total. The standard InChI is InChI=1S/C34H38N2O3/c1-24(26-8-4-3-5-9-26)36(2)22-31-20-33(28-14-12-25(23-37)13-15-28)39-34(38-31)29-18-16-27(17-19-29)32-11-7-6-10-30(32)21-35/h3-19,24,31,33-34,37H,20-23,35H2,1-2H3. The smallest absolute Gasteiger partial charge is 0.184 e. The van der Waals surface area contributed by atoms with Crippen LogP contribution in [0.4, 0.5) is 0 Å². The van der Waals surface area contributed by atoms with Crippen LogP contribution in [0.25, 0.3) is 11.1 Å². The van der Waals surface area contributed by atoms with Gasteiger partial charge in [0, 0.05) is 31.1 Å². The predicted molar refractivity (Wildman–Crippen MR) is 156 cm³/mol. The minimum Gasteiger partial charge on any atom is -0.392 e. The van der Waals surface area contributed by atoms with Crippen LogP contribution in [0.15, 0.2) is 103 Å². The van der Waals surface area contributed by atoms with Crippen molar-refractivity contribution in [1.82, 2.24) is 4.90 Å². The zero-order valence-electron chi connectivity index (χ0n) is 22.7. The van der Waals surface area contributed by atoms with Crippen LogP contribution in [-0.4, -0.2) is 29.7 Å². The first kappa shape index (κ1) is 27.3. The Bertz CT molecular complexity index is 1320. The number of aliphatic hydroxyl groups excluding tert-OH is 1. The summed E-state index contributed by atoms with van der Waals surface area (Å²) in [5, 5.41) is 9.49. The van der Waals surface area contributed by atoms with Crippen molar-refractivity contribution in [2.75, 3.05) is 13.6 Å². The number of hydrogen-bond donors (Lipinski definition) is 2. The summed E-state index contributed by atoms with van der Waals surface area (Å²) in [6.07, 6.45) is 0.146. The molecule has 0 bridgehead atoms. The van der Waals surface area contributed by atoms with Crippen LogP contribution in [0, 0.1) is 0 Å². The van der Waals surface area contributed by atoms with Crippen LogP contribution in [-0.2, 0) is 22.6 Å². The Morgan fingerprint density at radius 3 is 2.21 bits per heavy atom. The van der Waals surface area contributed by atoms with Gasteiger partial charge in [-0.3, -0.25) is 4.90 Å². The Morgan fingerprint density at radius 2 is 1.51 bits per heavy atom. The first-order chi connectivity index (χ1) is 19.1. The van der Waals surface area contributed by atoms with E-state index < -0.39 is 6.29 Å². The van der Waals surface area contributed by atoms with Crippen LogP contribution < -0.4 is 5.73 Å². The molecule has 0 radical (unpaired) electrons. The third kappa shape index (κ3) is 6.47. The Balaban J connectivity index is 1.38. The minimum atomic E-state index is -0.481. The highest BCUT2D eigenvalue weighted by molar-refractivity contribution is 5.67. The molecule has 0 saturated carbocycles. The Hall–Kier alpha value is -3.32. The highest BCUT2D eigenvalue weighted by atomic mass is 16.7. The second kappa shape index (κ2) is 12.7. The van der Waals surface area contributed by atoms with Crippen LogP contribution >= 0.6 is 0 Å². The van der Waals surface area contributed by atoms with Crippen molar-refractivity contribution in [2.24, 2.45) is 5.73 Å². The van der Waals surface area contributed by atoms with E-state index >= 15 is 0 Å². The lowest BCUT2D eigenvalue weighted by atomic mass is 9.97. The topological polar surface area (TPSA) is 68.0 Å². The maximum absolute atomic E-state index is 9.49. The van der Waals surface area contributed by atoms with Gasteiger partial charge in [0.1, 0.15) is 0 Å². The van der Waals surface area contributed by atoms with Crippen molar-refractivity contribution in [3.8, 4) is 11.1 Å². The van der Waals surface area contributed by atoms with Crippen molar-refractivity contribution < 1.29 is 14.6 Å². The second-order valence-corrected chi connectivity index (χ2v) is 10.4. The fraction of sp³-hybridized carbons (Fsp3) is 0.294. The van der Waals surface area contributed by atoms with Crippen LogP contribution in [0.1, 0.15) is 59.6 Å². The zero-order chi connectivity index (χ0) is 27.2. The molecule has 4 unspecified atom stereocenters. The highest BCUT2D eigenvalue weighted by Gasteiger charge is 2.33. The van der Waals surface area contributed by atoms with E-state index in [0.717, 1.165) is 46.3 Å². The van der Waals surface area contributed by atoms with Gasteiger partial charge in [0.05, 0.1) is 18.8 Å². The number of hydrogen-bond acceptors (Lipinski definition) is 5. The molecule has 0 aromatic heterocycles. The van der Waals surface area contributed by atoms with Gasteiger partial charge in [-0.05, 0) is 47.4 Å². The number of rotatable bonds is 9.